The quantitative estimate of drug-likeness (QED) is 0.159. The molecule has 2 atom stereocenters. The van der Waals surface area contributed by atoms with E-state index in [0.29, 0.717) is 17.2 Å². The van der Waals surface area contributed by atoms with Gasteiger partial charge in [0.25, 0.3) is 24.1 Å². The molecule has 1 aromatic carbocycles. The molecule has 2 saturated heterocycles. The van der Waals surface area contributed by atoms with Gasteiger partial charge in [-0.3, -0.25) is 24.0 Å². The third kappa shape index (κ3) is 10.0. The van der Waals surface area contributed by atoms with Crippen LogP contribution in [0.2, 0.25) is 0 Å². The molecule has 55 heavy (non-hydrogen) atoms. The standard InChI is InChI=1S/C35H46F2N8O8S2/c1-34(2,51)27-18-39-43-45(27)23-17-26(32(49)42-35(29(46)30(38)47)12-14-54-15-13-35)44(20-23)33(50)25(16-21-6-4-3-5-7-21)41-31(48)22-8-10-24(11-9-22)55(52,53)40-19-28(36)37/h8-11,18,21,23,26,28,40,51H,3-7,12-17,19-20H2,1-2H3,(H2,38,47)(H,42,49)/b41-25+/t23-,26-/m0/s1. The fourth-order valence-electron chi connectivity index (χ4n) is 7.33. The van der Waals surface area contributed by atoms with Crippen molar-refractivity contribution in [2.24, 2.45) is 16.6 Å². The molecule has 0 unspecified atom stereocenters. The van der Waals surface area contributed by atoms with Gasteiger partial charge in [0.15, 0.2) is 0 Å². The number of amides is 4. The average Bonchev–Trinajstić information content (AvgIpc) is 3.83. The van der Waals surface area contributed by atoms with Crippen molar-refractivity contribution < 1.29 is 46.3 Å². The molecule has 2 aliphatic heterocycles. The normalized spacial score (nSPS) is 21.1. The van der Waals surface area contributed by atoms with Gasteiger partial charge in [-0.2, -0.15) is 11.8 Å². The number of ketones is 1. The van der Waals surface area contributed by atoms with Crippen LogP contribution in [0.4, 0.5) is 8.78 Å². The minimum atomic E-state index is -4.29. The number of carbonyl (C=O) groups is 5. The molecule has 1 saturated carbocycles. The van der Waals surface area contributed by atoms with Gasteiger partial charge < -0.3 is 21.1 Å². The van der Waals surface area contributed by atoms with E-state index in [4.69, 9.17) is 5.73 Å². The first-order valence-corrected chi connectivity index (χ1v) is 20.7. The van der Waals surface area contributed by atoms with Gasteiger partial charge in [-0.1, -0.05) is 37.3 Å². The monoisotopic (exact) mass is 808 g/mol. The predicted molar refractivity (Wildman–Crippen MR) is 197 cm³/mol. The number of sulfonamides is 1. The zero-order valence-electron chi connectivity index (χ0n) is 30.6. The summed E-state index contributed by atoms with van der Waals surface area (Å²) in [6.45, 7) is 1.86. The Morgan fingerprint density at radius 2 is 1.75 bits per heavy atom. The minimum absolute atomic E-state index is 0.00310. The third-order valence-corrected chi connectivity index (χ3v) is 12.7. The Morgan fingerprint density at radius 3 is 2.35 bits per heavy atom. The zero-order valence-corrected chi connectivity index (χ0v) is 32.2. The van der Waals surface area contributed by atoms with Gasteiger partial charge in [0.05, 0.1) is 29.4 Å². The van der Waals surface area contributed by atoms with Crippen molar-refractivity contribution in [2.45, 2.75) is 106 Å². The van der Waals surface area contributed by atoms with Gasteiger partial charge in [-0.25, -0.2) is 31.6 Å². The topological polar surface area (TPSA) is 236 Å². The molecule has 3 fully saturated rings. The number of nitrogens with two attached hydrogens (primary N) is 1. The van der Waals surface area contributed by atoms with Crippen LogP contribution in [0.1, 0.15) is 93.7 Å². The molecule has 300 valence electrons. The minimum Gasteiger partial charge on any atom is -0.384 e. The number of aromatic nitrogens is 3. The molecule has 16 nitrogen and oxygen atoms in total. The number of aliphatic hydroxyl groups is 1. The van der Waals surface area contributed by atoms with Crippen LogP contribution in [0.5, 0.6) is 0 Å². The summed E-state index contributed by atoms with van der Waals surface area (Å²) in [5.41, 5.74) is 2.55. The molecule has 5 rings (SSSR count). The fraction of sp³-hybridized carbons (Fsp3) is 0.600. The van der Waals surface area contributed by atoms with Crippen molar-refractivity contribution >= 4 is 56.9 Å². The van der Waals surface area contributed by atoms with E-state index in [-0.39, 0.29) is 54.3 Å². The highest BCUT2D eigenvalue weighted by atomic mass is 32.2. The number of nitrogens with one attached hydrogen (secondary N) is 2. The second-order valence-corrected chi connectivity index (χ2v) is 17.7. The summed E-state index contributed by atoms with van der Waals surface area (Å²) in [6, 6.07) is 2.53. The number of primary amides is 1. The molecular formula is C35H46F2N8O8S2. The second kappa shape index (κ2) is 17.3. The Kier molecular flexibility index (Phi) is 13.2. The molecule has 0 spiro atoms. The van der Waals surface area contributed by atoms with Gasteiger partial charge in [0, 0.05) is 18.5 Å². The van der Waals surface area contributed by atoms with Gasteiger partial charge in [0.2, 0.25) is 21.7 Å². The average molecular weight is 809 g/mol. The molecule has 5 N–H and O–H groups in total. The Hall–Kier alpha value is -4.14. The van der Waals surface area contributed by atoms with Crippen molar-refractivity contribution in [1.29, 1.82) is 0 Å². The third-order valence-electron chi connectivity index (χ3n) is 10.3. The number of Topliss-reactive ketones (excluding diaryl/α,β-unsaturated/α-hetero) is 1. The predicted octanol–water partition coefficient (Wildman–Crippen LogP) is 1.88. The van der Waals surface area contributed by atoms with E-state index >= 15 is 0 Å². The van der Waals surface area contributed by atoms with Crippen LogP contribution >= 0.6 is 11.8 Å². The first-order valence-electron chi connectivity index (χ1n) is 18.1. The van der Waals surface area contributed by atoms with Crippen molar-refractivity contribution in [3.63, 3.8) is 0 Å². The van der Waals surface area contributed by atoms with E-state index in [9.17, 15) is 46.3 Å². The maximum absolute atomic E-state index is 14.7. The Balaban J connectivity index is 1.50. The Morgan fingerprint density at radius 1 is 1.09 bits per heavy atom. The summed E-state index contributed by atoms with van der Waals surface area (Å²) in [5, 5.41) is 21.7. The maximum Gasteiger partial charge on any atom is 0.287 e. The molecule has 3 heterocycles. The summed E-state index contributed by atoms with van der Waals surface area (Å²) in [7, 11) is -4.29. The van der Waals surface area contributed by atoms with Crippen LogP contribution in [0.15, 0.2) is 40.4 Å². The van der Waals surface area contributed by atoms with E-state index in [0.717, 1.165) is 56.4 Å². The Labute approximate surface area is 321 Å². The molecule has 1 aromatic heterocycles. The molecule has 3 aliphatic rings. The first-order chi connectivity index (χ1) is 25.9. The summed E-state index contributed by atoms with van der Waals surface area (Å²) >= 11 is 1.55. The highest BCUT2D eigenvalue weighted by molar-refractivity contribution is 7.99. The summed E-state index contributed by atoms with van der Waals surface area (Å²) in [4.78, 5) is 73.1. The number of rotatable bonds is 14. The van der Waals surface area contributed by atoms with Gasteiger partial charge >= 0.3 is 0 Å². The van der Waals surface area contributed by atoms with Gasteiger partial charge in [0.1, 0.15) is 22.9 Å². The number of hydrogen-bond acceptors (Lipinski definition) is 11. The SMILES string of the molecule is CC(C)(O)c1cnnn1[C@H]1C[C@@H](C(=O)NC2(C(=O)C(N)=O)CCSCC2)N(C(=O)/C(CC2CCCCC2)=N/C(=O)c2ccc(S(=O)(=O)NCC(F)F)cc2)C1. The zero-order chi connectivity index (χ0) is 40.1. The molecule has 0 radical (unpaired) electrons. The van der Waals surface area contributed by atoms with Crippen molar-refractivity contribution in [3.8, 4) is 0 Å². The number of hydrogen-bond donors (Lipinski definition) is 4. The summed E-state index contributed by atoms with van der Waals surface area (Å²) in [5.74, 6) is -3.51. The number of benzene rings is 1. The highest BCUT2D eigenvalue weighted by Crippen LogP contribution is 2.35. The lowest BCUT2D eigenvalue weighted by Crippen LogP contribution is -2.63. The molecule has 1 aliphatic carbocycles. The molecule has 0 bridgehead atoms. The second-order valence-electron chi connectivity index (χ2n) is 14.7. The summed E-state index contributed by atoms with van der Waals surface area (Å²) < 4.78 is 53.4. The smallest absolute Gasteiger partial charge is 0.287 e. The Bertz CT molecular complexity index is 1900. The molecule has 4 amide bonds. The lowest BCUT2D eigenvalue weighted by molar-refractivity contribution is -0.143. The number of thioether (sulfide) groups is 1. The van der Waals surface area contributed by atoms with Crippen molar-refractivity contribution in [1.82, 2.24) is 29.9 Å². The van der Waals surface area contributed by atoms with Crippen LogP contribution < -0.4 is 15.8 Å². The highest BCUT2D eigenvalue weighted by Gasteiger charge is 2.49. The van der Waals surface area contributed by atoms with Crippen LogP contribution in [0.3, 0.4) is 0 Å². The first kappa shape index (κ1) is 42.0. The molecule has 2 aromatic rings. The van der Waals surface area contributed by atoms with Gasteiger partial charge in [-0.05, 0) is 74.8 Å². The van der Waals surface area contributed by atoms with Crippen LogP contribution in [0.25, 0.3) is 0 Å². The van der Waals surface area contributed by atoms with Crippen LogP contribution in [0, 0.1) is 5.92 Å². The number of halogens is 2. The van der Waals surface area contributed by atoms with Crippen LogP contribution in [-0.2, 0) is 34.8 Å². The molecular weight excluding hydrogens is 763 g/mol. The van der Waals surface area contributed by atoms with Crippen molar-refractivity contribution in [3.05, 3.63) is 41.7 Å². The maximum atomic E-state index is 14.7. The van der Waals surface area contributed by atoms with Crippen molar-refractivity contribution in [2.75, 3.05) is 24.6 Å². The summed E-state index contributed by atoms with van der Waals surface area (Å²) in [6.07, 6.45) is 3.20. The lowest BCUT2D eigenvalue weighted by Gasteiger charge is -2.37. The lowest BCUT2D eigenvalue weighted by atomic mass is 9.85. The fourth-order valence-corrected chi connectivity index (χ4v) is 9.53. The number of aliphatic imine (C=N–C) groups is 1. The van der Waals surface area contributed by atoms with Crippen LogP contribution in [-0.4, -0.2) is 111 Å². The largest absolute Gasteiger partial charge is 0.384 e. The number of carbonyl (C=O) groups excluding carboxylic acids is 5. The van der Waals surface area contributed by atoms with E-state index in [1.165, 1.54) is 29.6 Å². The van der Waals surface area contributed by atoms with Gasteiger partial charge in [-0.15, -0.1) is 5.10 Å². The van der Waals surface area contributed by atoms with E-state index in [1.807, 2.05) is 0 Å². The van der Waals surface area contributed by atoms with E-state index < -0.39 is 75.6 Å². The number of alkyl halides is 2. The number of likely N-dealkylation sites (tertiary alicyclic amines) is 1. The van der Waals surface area contributed by atoms with E-state index in [1.54, 1.807) is 16.5 Å². The molecule has 20 heteroatoms. The number of nitrogens with zero attached hydrogens (tertiary/aromatic N) is 5. The van der Waals surface area contributed by atoms with E-state index in [2.05, 4.69) is 20.6 Å².